The second kappa shape index (κ2) is 4.87. The molecule has 0 saturated carbocycles. The first-order chi connectivity index (χ1) is 9.54. The predicted molar refractivity (Wildman–Crippen MR) is 74.9 cm³/mol. The van der Waals surface area contributed by atoms with Crippen molar-refractivity contribution in [3.63, 3.8) is 0 Å². The van der Waals surface area contributed by atoms with Crippen molar-refractivity contribution in [3.8, 4) is 11.5 Å². The van der Waals surface area contributed by atoms with Crippen LogP contribution in [0.4, 0.5) is 14.5 Å². The molecule has 1 aliphatic rings. The molecule has 5 heteroatoms. The zero-order chi connectivity index (χ0) is 14.3. The molecule has 0 aliphatic carbocycles. The Kier molecular flexibility index (Phi) is 3.18. The Morgan fingerprint density at radius 2 is 1.95 bits per heavy atom. The Balaban J connectivity index is 2.14. The van der Waals surface area contributed by atoms with E-state index in [1.54, 1.807) is 18.3 Å². The number of ether oxygens (including phenoxy) is 1. The van der Waals surface area contributed by atoms with Crippen LogP contribution in [0.5, 0.6) is 11.5 Å². The van der Waals surface area contributed by atoms with Crippen LogP contribution in [0.2, 0.25) is 5.02 Å². The SMILES string of the molecule is Cc1cc(Cl)c2c(c1)Oc1cc(C(F)F)ccc1N=C2. The average molecular weight is 294 g/mol. The van der Waals surface area contributed by atoms with E-state index in [0.717, 1.165) is 5.56 Å². The van der Waals surface area contributed by atoms with Crippen LogP contribution in [-0.2, 0) is 0 Å². The van der Waals surface area contributed by atoms with Gasteiger partial charge >= 0.3 is 0 Å². The van der Waals surface area contributed by atoms with Crippen molar-refractivity contribution < 1.29 is 13.5 Å². The first-order valence-corrected chi connectivity index (χ1v) is 6.36. The molecule has 0 fully saturated rings. The van der Waals surface area contributed by atoms with Crippen molar-refractivity contribution in [2.45, 2.75) is 13.3 Å². The number of fused-ring (bicyclic) bond motifs is 2. The molecule has 0 saturated heterocycles. The van der Waals surface area contributed by atoms with Crippen LogP contribution in [0.25, 0.3) is 0 Å². The first kappa shape index (κ1) is 13.1. The molecule has 3 rings (SSSR count). The van der Waals surface area contributed by atoms with E-state index in [9.17, 15) is 8.78 Å². The minimum Gasteiger partial charge on any atom is -0.454 e. The molecule has 0 spiro atoms. The van der Waals surface area contributed by atoms with Crippen molar-refractivity contribution >= 4 is 23.5 Å². The lowest BCUT2D eigenvalue weighted by atomic mass is 10.1. The molecule has 0 unspecified atom stereocenters. The fourth-order valence-electron chi connectivity index (χ4n) is 2.04. The van der Waals surface area contributed by atoms with Crippen molar-refractivity contribution in [3.05, 3.63) is 52.0 Å². The number of halogens is 3. The maximum atomic E-state index is 12.7. The summed E-state index contributed by atoms with van der Waals surface area (Å²) in [6.07, 6.45) is -0.956. The van der Waals surface area contributed by atoms with Crippen molar-refractivity contribution in [1.82, 2.24) is 0 Å². The molecule has 0 N–H and O–H groups in total. The van der Waals surface area contributed by atoms with Crippen LogP contribution >= 0.6 is 11.6 Å². The molecule has 0 bridgehead atoms. The van der Waals surface area contributed by atoms with E-state index in [4.69, 9.17) is 16.3 Å². The second-order valence-electron chi connectivity index (χ2n) is 4.55. The van der Waals surface area contributed by atoms with Gasteiger partial charge in [0.2, 0.25) is 0 Å². The smallest absolute Gasteiger partial charge is 0.263 e. The van der Waals surface area contributed by atoms with Crippen LogP contribution in [0, 0.1) is 6.92 Å². The monoisotopic (exact) mass is 293 g/mol. The third-order valence-corrected chi connectivity index (χ3v) is 3.34. The Bertz CT molecular complexity index is 713. The molecule has 0 amide bonds. The highest BCUT2D eigenvalue weighted by Crippen LogP contribution is 2.40. The molecule has 102 valence electrons. The zero-order valence-electron chi connectivity index (χ0n) is 10.5. The summed E-state index contributed by atoms with van der Waals surface area (Å²) < 4.78 is 31.2. The summed E-state index contributed by atoms with van der Waals surface area (Å²) in [5.41, 5.74) is 1.98. The standard InChI is InChI=1S/C15H10ClF2NO/c1-8-4-11(16)10-7-19-12-3-2-9(15(17)18)6-14(12)20-13(10)5-8/h2-7,15H,1H3. The second-order valence-corrected chi connectivity index (χ2v) is 4.95. The molecule has 20 heavy (non-hydrogen) atoms. The van der Waals surface area contributed by atoms with Crippen LogP contribution in [0.3, 0.4) is 0 Å². The lowest BCUT2D eigenvalue weighted by molar-refractivity contribution is 0.151. The van der Waals surface area contributed by atoms with E-state index in [0.29, 0.717) is 27.8 Å². The molecular formula is C15H10ClF2NO. The van der Waals surface area contributed by atoms with Gasteiger partial charge in [0.05, 0.1) is 10.6 Å². The Morgan fingerprint density at radius 3 is 2.70 bits per heavy atom. The molecular weight excluding hydrogens is 284 g/mol. The van der Waals surface area contributed by atoms with Gasteiger partial charge in [0, 0.05) is 11.8 Å². The molecule has 0 atom stereocenters. The van der Waals surface area contributed by atoms with Gasteiger partial charge in [-0.25, -0.2) is 8.78 Å². The Labute approximate surface area is 119 Å². The number of benzene rings is 2. The van der Waals surface area contributed by atoms with Crippen LogP contribution in [0.15, 0.2) is 35.3 Å². The van der Waals surface area contributed by atoms with Gasteiger partial charge in [0.15, 0.2) is 5.75 Å². The van der Waals surface area contributed by atoms with E-state index in [-0.39, 0.29) is 5.56 Å². The number of aliphatic imine (C=N–C) groups is 1. The Hall–Kier alpha value is -1.94. The predicted octanol–water partition coefficient (Wildman–Crippen LogP) is 5.44. The largest absolute Gasteiger partial charge is 0.454 e. The lowest BCUT2D eigenvalue weighted by Gasteiger charge is -2.11. The zero-order valence-corrected chi connectivity index (χ0v) is 11.3. The third kappa shape index (κ3) is 2.27. The van der Waals surface area contributed by atoms with Crippen molar-refractivity contribution in [2.75, 3.05) is 0 Å². The Morgan fingerprint density at radius 1 is 1.15 bits per heavy atom. The van der Waals surface area contributed by atoms with Gasteiger partial charge in [-0.3, -0.25) is 4.99 Å². The van der Waals surface area contributed by atoms with E-state index < -0.39 is 6.43 Å². The number of alkyl halides is 2. The fourth-order valence-corrected chi connectivity index (χ4v) is 2.35. The minimum absolute atomic E-state index is 0.0962. The lowest BCUT2D eigenvalue weighted by Crippen LogP contribution is -1.92. The summed E-state index contributed by atoms with van der Waals surface area (Å²) in [5.74, 6) is 0.823. The highest BCUT2D eigenvalue weighted by molar-refractivity contribution is 6.33. The van der Waals surface area contributed by atoms with Crippen LogP contribution in [0.1, 0.15) is 23.1 Å². The number of nitrogens with zero attached hydrogens (tertiary/aromatic N) is 1. The van der Waals surface area contributed by atoms with Gasteiger partial charge in [-0.1, -0.05) is 17.7 Å². The first-order valence-electron chi connectivity index (χ1n) is 5.99. The number of rotatable bonds is 1. The molecule has 1 aliphatic heterocycles. The minimum atomic E-state index is -2.54. The fraction of sp³-hybridized carbons (Fsp3) is 0.133. The summed E-state index contributed by atoms with van der Waals surface area (Å²) in [4.78, 5) is 4.24. The molecule has 0 radical (unpaired) electrons. The summed E-state index contributed by atoms with van der Waals surface area (Å²) in [5, 5.41) is 0.519. The number of aryl methyl sites for hydroxylation is 1. The van der Waals surface area contributed by atoms with Gasteiger partial charge in [-0.05, 0) is 36.8 Å². The summed E-state index contributed by atoms with van der Waals surface area (Å²) in [6, 6.07) is 7.77. The van der Waals surface area contributed by atoms with Crippen molar-refractivity contribution in [2.24, 2.45) is 4.99 Å². The maximum Gasteiger partial charge on any atom is 0.263 e. The summed E-state index contributed by atoms with van der Waals surface area (Å²) >= 11 is 6.15. The summed E-state index contributed by atoms with van der Waals surface area (Å²) in [6.45, 7) is 1.88. The normalized spacial score (nSPS) is 12.7. The van der Waals surface area contributed by atoms with Crippen molar-refractivity contribution in [1.29, 1.82) is 0 Å². The maximum absolute atomic E-state index is 12.7. The van der Waals surface area contributed by atoms with Gasteiger partial charge in [-0.2, -0.15) is 0 Å². The highest BCUT2D eigenvalue weighted by Gasteiger charge is 2.17. The third-order valence-electron chi connectivity index (χ3n) is 3.02. The van der Waals surface area contributed by atoms with E-state index in [2.05, 4.69) is 4.99 Å². The summed E-state index contributed by atoms with van der Waals surface area (Å²) in [7, 11) is 0. The number of hydrogen-bond acceptors (Lipinski definition) is 2. The van der Waals surface area contributed by atoms with Gasteiger partial charge in [0.1, 0.15) is 11.4 Å². The molecule has 2 aromatic rings. The van der Waals surface area contributed by atoms with E-state index in [1.165, 1.54) is 18.2 Å². The average Bonchev–Trinajstić information content (AvgIpc) is 2.56. The molecule has 0 aromatic heterocycles. The molecule has 2 aromatic carbocycles. The van der Waals surface area contributed by atoms with Gasteiger partial charge in [0.25, 0.3) is 6.43 Å². The molecule has 1 heterocycles. The van der Waals surface area contributed by atoms with E-state index in [1.807, 2.05) is 6.92 Å². The van der Waals surface area contributed by atoms with Gasteiger partial charge in [-0.15, -0.1) is 0 Å². The van der Waals surface area contributed by atoms with Crippen LogP contribution in [-0.4, -0.2) is 6.21 Å². The number of hydrogen-bond donors (Lipinski definition) is 0. The van der Waals surface area contributed by atoms with E-state index >= 15 is 0 Å². The molecule has 2 nitrogen and oxygen atoms in total. The van der Waals surface area contributed by atoms with Crippen LogP contribution < -0.4 is 4.74 Å². The highest BCUT2D eigenvalue weighted by atomic mass is 35.5. The topological polar surface area (TPSA) is 21.6 Å². The van der Waals surface area contributed by atoms with Gasteiger partial charge < -0.3 is 4.74 Å². The quantitative estimate of drug-likeness (QED) is 0.585.